The molecule has 178 valence electrons. The van der Waals surface area contributed by atoms with Gasteiger partial charge in [-0.3, -0.25) is 0 Å². The smallest absolute Gasteiger partial charge is 0.191 e. The molecule has 2 atom stereocenters. The van der Waals surface area contributed by atoms with Crippen LogP contribution < -0.4 is 4.74 Å². The first kappa shape index (κ1) is 27.9. The van der Waals surface area contributed by atoms with Crippen LogP contribution in [0.2, 0.25) is 18.1 Å². The van der Waals surface area contributed by atoms with E-state index >= 15 is 0 Å². The minimum Gasteiger partial charge on any atom is -0.497 e. The summed E-state index contributed by atoms with van der Waals surface area (Å²) in [6.45, 7) is 22.7. The molecular weight excluding hydrogens is 400 g/mol. The first-order valence-electron chi connectivity index (χ1n) is 12.0. The molecule has 0 bridgehead atoms. The van der Waals surface area contributed by atoms with Gasteiger partial charge in [-0.25, -0.2) is 0 Å². The zero-order valence-electron chi connectivity index (χ0n) is 21.5. The van der Waals surface area contributed by atoms with Crippen molar-refractivity contribution in [3.8, 4) is 5.75 Å². The molecule has 0 aliphatic heterocycles. The van der Waals surface area contributed by atoms with Gasteiger partial charge in [0.05, 0.1) is 13.7 Å². The van der Waals surface area contributed by atoms with E-state index in [4.69, 9.17) is 13.9 Å². The molecule has 3 nitrogen and oxygen atoms in total. The van der Waals surface area contributed by atoms with Crippen molar-refractivity contribution in [3.63, 3.8) is 0 Å². The summed E-state index contributed by atoms with van der Waals surface area (Å²) in [6, 6.07) is 8.09. The number of ether oxygens (including phenoxy) is 2. The Labute approximate surface area is 193 Å². The third kappa shape index (κ3) is 9.92. The molecule has 0 saturated carbocycles. The Morgan fingerprint density at radius 2 is 1.68 bits per heavy atom. The molecular formula is C27H48O3Si. The number of allylic oxidation sites excluding steroid dienone is 1. The monoisotopic (exact) mass is 448 g/mol. The van der Waals surface area contributed by atoms with Gasteiger partial charge in [-0.2, -0.15) is 0 Å². The maximum Gasteiger partial charge on any atom is 0.191 e. The average Bonchev–Trinajstić information content (AvgIpc) is 2.70. The Hall–Kier alpha value is -1.10. The molecule has 1 rings (SSSR count). The van der Waals surface area contributed by atoms with Crippen molar-refractivity contribution < 1.29 is 13.9 Å². The molecule has 0 aliphatic carbocycles. The Morgan fingerprint density at radius 3 is 2.19 bits per heavy atom. The summed E-state index contributed by atoms with van der Waals surface area (Å²) in [7, 11) is -0.0382. The van der Waals surface area contributed by atoms with Crippen LogP contribution in [0.3, 0.4) is 0 Å². The van der Waals surface area contributed by atoms with Crippen molar-refractivity contribution >= 4 is 8.32 Å². The fourth-order valence-corrected chi connectivity index (χ4v) is 4.69. The van der Waals surface area contributed by atoms with E-state index in [2.05, 4.69) is 72.5 Å². The minimum absolute atomic E-state index is 0.250. The predicted molar refractivity (Wildman–Crippen MR) is 136 cm³/mol. The van der Waals surface area contributed by atoms with Crippen molar-refractivity contribution in [1.82, 2.24) is 0 Å². The highest BCUT2D eigenvalue weighted by Crippen LogP contribution is 2.38. The van der Waals surface area contributed by atoms with E-state index in [1.54, 1.807) is 7.11 Å². The zero-order chi connectivity index (χ0) is 23.5. The number of rotatable bonds is 15. The molecule has 31 heavy (non-hydrogen) atoms. The fraction of sp³-hybridized carbons (Fsp3) is 0.704. The van der Waals surface area contributed by atoms with Crippen LogP contribution in [0.5, 0.6) is 5.75 Å². The molecule has 0 aromatic heterocycles. The first-order chi connectivity index (χ1) is 14.5. The van der Waals surface area contributed by atoms with E-state index in [-0.39, 0.29) is 5.04 Å². The van der Waals surface area contributed by atoms with Crippen LogP contribution in [-0.4, -0.2) is 28.6 Å². The van der Waals surface area contributed by atoms with Gasteiger partial charge in [0, 0.05) is 13.2 Å². The van der Waals surface area contributed by atoms with Crippen LogP contribution in [0.1, 0.15) is 65.9 Å². The lowest BCUT2D eigenvalue weighted by molar-refractivity contribution is 0.115. The summed E-state index contributed by atoms with van der Waals surface area (Å²) >= 11 is 0. The van der Waals surface area contributed by atoms with E-state index in [9.17, 15) is 0 Å². The average molecular weight is 449 g/mol. The zero-order valence-corrected chi connectivity index (χ0v) is 22.5. The summed E-state index contributed by atoms with van der Waals surface area (Å²) in [6.07, 6.45) is 6.87. The third-order valence-corrected chi connectivity index (χ3v) is 11.3. The predicted octanol–water partition coefficient (Wildman–Crippen LogP) is 7.87. The first-order valence-corrected chi connectivity index (χ1v) is 14.9. The van der Waals surface area contributed by atoms with Crippen molar-refractivity contribution in [3.05, 3.63) is 42.5 Å². The second kappa shape index (κ2) is 13.4. The van der Waals surface area contributed by atoms with Gasteiger partial charge in [-0.15, -0.1) is 6.58 Å². The Bertz CT molecular complexity index is 616. The number of benzene rings is 1. The second-order valence-electron chi connectivity index (χ2n) is 10.6. The largest absolute Gasteiger partial charge is 0.497 e. The molecule has 1 aromatic carbocycles. The molecule has 0 unspecified atom stereocenters. The van der Waals surface area contributed by atoms with Gasteiger partial charge in [-0.05, 0) is 66.4 Å². The lowest BCUT2D eigenvalue weighted by atomic mass is 9.81. The quantitative estimate of drug-likeness (QED) is 0.155. The minimum atomic E-state index is -1.73. The molecule has 0 amide bonds. The summed E-state index contributed by atoms with van der Waals surface area (Å²) in [5.41, 5.74) is 1.19. The van der Waals surface area contributed by atoms with E-state index in [1.807, 2.05) is 12.1 Å². The Kier molecular flexibility index (Phi) is 12.1. The van der Waals surface area contributed by atoms with Gasteiger partial charge in [-0.1, -0.05) is 65.7 Å². The standard InChI is InChI=1S/C27H48O3Si/c1-10-26(22(2)3)24(21-30-31(8,9)27(4,5)6)14-12-11-13-19-29-20-23-15-17-25(28-7)18-16-23/h10,15-18,22,24,26H,1,11-14,19-21H2,2-9H3/t24-,26-/m1/s1. The van der Waals surface area contributed by atoms with E-state index < -0.39 is 8.32 Å². The van der Waals surface area contributed by atoms with Crippen molar-refractivity contribution in [1.29, 1.82) is 0 Å². The van der Waals surface area contributed by atoms with Gasteiger partial charge >= 0.3 is 0 Å². The summed E-state index contributed by atoms with van der Waals surface area (Å²) in [5.74, 6) is 2.54. The normalized spacial score (nSPS) is 14.5. The molecule has 0 aliphatic rings. The highest BCUT2D eigenvalue weighted by molar-refractivity contribution is 6.74. The van der Waals surface area contributed by atoms with E-state index in [0.717, 1.165) is 25.4 Å². The highest BCUT2D eigenvalue weighted by atomic mass is 28.4. The number of hydrogen-bond donors (Lipinski definition) is 0. The van der Waals surface area contributed by atoms with Crippen LogP contribution in [0.15, 0.2) is 36.9 Å². The van der Waals surface area contributed by atoms with Crippen LogP contribution in [0, 0.1) is 17.8 Å². The number of methoxy groups -OCH3 is 1. The van der Waals surface area contributed by atoms with Gasteiger partial charge in [0.25, 0.3) is 0 Å². The van der Waals surface area contributed by atoms with E-state index in [1.165, 1.54) is 24.8 Å². The van der Waals surface area contributed by atoms with Crippen molar-refractivity contribution in [2.24, 2.45) is 17.8 Å². The highest BCUT2D eigenvalue weighted by Gasteiger charge is 2.38. The molecule has 0 radical (unpaired) electrons. The molecule has 0 heterocycles. The lowest BCUT2D eigenvalue weighted by Crippen LogP contribution is -2.42. The number of unbranched alkanes of at least 4 members (excludes halogenated alkanes) is 2. The van der Waals surface area contributed by atoms with Crippen molar-refractivity contribution in [2.75, 3.05) is 20.3 Å². The molecule has 0 spiro atoms. The topological polar surface area (TPSA) is 27.7 Å². The van der Waals surface area contributed by atoms with Crippen LogP contribution in [0.25, 0.3) is 0 Å². The number of hydrogen-bond acceptors (Lipinski definition) is 3. The fourth-order valence-electron chi connectivity index (χ4n) is 3.63. The van der Waals surface area contributed by atoms with Crippen LogP contribution in [-0.2, 0) is 15.8 Å². The Balaban J connectivity index is 2.41. The maximum atomic E-state index is 6.61. The van der Waals surface area contributed by atoms with Gasteiger partial charge in [0.1, 0.15) is 5.75 Å². The maximum absolute atomic E-state index is 6.61. The molecule has 0 fully saturated rings. The molecule has 4 heteroatoms. The lowest BCUT2D eigenvalue weighted by Gasteiger charge is -2.38. The Morgan fingerprint density at radius 1 is 1.03 bits per heavy atom. The van der Waals surface area contributed by atoms with Gasteiger partial charge in [0.2, 0.25) is 0 Å². The molecule has 0 saturated heterocycles. The molecule has 1 aromatic rings. The van der Waals surface area contributed by atoms with Gasteiger partial charge < -0.3 is 13.9 Å². The van der Waals surface area contributed by atoms with Crippen LogP contribution >= 0.6 is 0 Å². The summed E-state index contributed by atoms with van der Waals surface area (Å²) < 4.78 is 17.7. The van der Waals surface area contributed by atoms with E-state index in [0.29, 0.717) is 24.4 Å². The van der Waals surface area contributed by atoms with Gasteiger partial charge in [0.15, 0.2) is 8.32 Å². The third-order valence-electron chi connectivity index (χ3n) is 6.84. The molecule has 0 N–H and O–H groups in total. The summed E-state index contributed by atoms with van der Waals surface area (Å²) in [5, 5.41) is 0.250. The van der Waals surface area contributed by atoms with Crippen molar-refractivity contribution in [2.45, 2.75) is 85.0 Å². The van der Waals surface area contributed by atoms with Crippen LogP contribution in [0.4, 0.5) is 0 Å². The summed E-state index contributed by atoms with van der Waals surface area (Å²) in [4.78, 5) is 0. The second-order valence-corrected chi connectivity index (χ2v) is 15.4. The SMILES string of the molecule is C=C[C@H](C(C)C)[C@H](CCCCCOCc1ccc(OC)cc1)CO[Si](C)(C)C(C)(C)C.